The molecule has 0 amide bonds. The second-order valence-electron chi connectivity index (χ2n) is 3.42. The van der Waals surface area contributed by atoms with E-state index in [2.05, 4.69) is 28.7 Å². The van der Waals surface area contributed by atoms with Crippen molar-refractivity contribution in [1.82, 2.24) is 0 Å². The first-order valence-electron chi connectivity index (χ1n) is 4.48. The van der Waals surface area contributed by atoms with E-state index in [1.54, 1.807) is 6.92 Å². The van der Waals surface area contributed by atoms with E-state index < -0.39 is 6.10 Å². The molecule has 0 unspecified atom stereocenters. The highest BCUT2D eigenvalue weighted by Crippen LogP contribution is 2.27. The van der Waals surface area contributed by atoms with Crippen LogP contribution >= 0.6 is 22.6 Å². The van der Waals surface area contributed by atoms with Gasteiger partial charge in [0.2, 0.25) is 0 Å². The maximum atomic E-state index is 9.33. The van der Waals surface area contributed by atoms with Crippen molar-refractivity contribution < 1.29 is 9.84 Å². The van der Waals surface area contributed by atoms with Gasteiger partial charge in [-0.15, -0.1) is 0 Å². The van der Waals surface area contributed by atoms with Crippen molar-refractivity contribution >= 4 is 22.6 Å². The van der Waals surface area contributed by atoms with Gasteiger partial charge in [-0.1, -0.05) is 22.6 Å². The van der Waals surface area contributed by atoms with E-state index in [4.69, 9.17) is 10.00 Å². The van der Waals surface area contributed by atoms with Gasteiger partial charge in [0, 0.05) is 4.43 Å². The maximum Gasteiger partial charge on any atom is 0.0981 e. The molecule has 1 aliphatic heterocycles. The maximum absolute atomic E-state index is 9.33. The number of rotatable bonds is 3. The second-order valence-corrected chi connectivity index (χ2v) is 4.30. The Kier molecular flexibility index (Phi) is 4.42. The van der Waals surface area contributed by atoms with Crippen LogP contribution in [0.25, 0.3) is 0 Å². The highest BCUT2D eigenvalue weighted by atomic mass is 127. The highest BCUT2D eigenvalue weighted by molar-refractivity contribution is 14.1. The minimum atomic E-state index is -0.594. The second kappa shape index (κ2) is 5.13. The summed E-state index contributed by atoms with van der Waals surface area (Å²) in [6.45, 7) is 1.65. The number of nitrogens with zero attached hydrogens (tertiary/aromatic N) is 1. The molecule has 1 saturated heterocycles. The average molecular weight is 295 g/mol. The Labute approximate surface area is 92.2 Å². The molecule has 4 heteroatoms. The minimum Gasteiger partial charge on any atom is -0.392 e. The molecule has 74 valence electrons. The first kappa shape index (κ1) is 11.2. The minimum absolute atomic E-state index is 0.0650. The Balaban J connectivity index is 2.49. The SMILES string of the molecule is C[C@@H](O)[C@H](C#N)[C@@H]1CC[C@H](CI)O1. The molecule has 0 spiro atoms. The zero-order valence-electron chi connectivity index (χ0n) is 7.61. The van der Waals surface area contributed by atoms with Crippen molar-refractivity contribution in [2.45, 2.75) is 38.1 Å². The normalized spacial score (nSPS) is 32.5. The molecule has 13 heavy (non-hydrogen) atoms. The van der Waals surface area contributed by atoms with Gasteiger partial charge in [-0.25, -0.2) is 0 Å². The first-order valence-corrected chi connectivity index (χ1v) is 6.00. The summed E-state index contributed by atoms with van der Waals surface area (Å²) < 4.78 is 6.60. The lowest BCUT2D eigenvalue weighted by molar-refractivity contribution is -0.000631. The van der Waals surface area contributed by atoms with Crippen LogP contribution in [0.15, 0.2) is 0 Å². The van der Waals surface area contributed by atoms with Crippen LogP contribution in [0.5, 0.6) is 0 Å². The number of hydrogen-bond acceptors (Lipinski definition) is 3. The Morgan fingerprint density at radius 3 is 2.77 bits per heavy atom. The molecule has 4 atom stereocenters. The van der Waals surface area contributed by atoms with Gasteiger partial charge in [-0.2, -0.15) is 5.26 Å². The molecule has 3 nitrogen and oxygen atoms in total. The number of aliphatic hydroxyl groups is 1. The molecule has 1 fully saturated rings. The molecule has 1 aliphatic rings. The summed E-state index contributed by atoms with van der Waals surface area (Å²) in [5.74, 6) is -0.368. The van der Waals surface area contributed by atoms with Crippen LogP contribution in [-0.2, 0) is 4.74 Å². The van der Waals surface area contributed by atoms with E-state index in [1.165, 1.54) is 0 Å². The van der Waals surface area contributed by atoms with Crippen LogP contribution < -0.4 is 0 Å². The number of alkyl halides is 1. The van der Waals surface area contributed by atoms with Crippen molar-refractivity contribution in [3.05, 3.63) is 0 Å². The van der Waals surface area contributed by atoms with Gasteiger partial charge in [0.15, 0.2) is 0 Å². The van der Waals surface area contributed by atoms with E-state index in [0.29, 0.717) is 0 Å². The molecule has 1 rings (SSSR count). The molecular formula is C9H14INO2. The van der Waals surface area contributed by atoms with Crippen LogP contribution in [-0.4, -0.2) is 27.8 Å². The summed E-state index contributed by atoms with van der Waals surface area (Å²) in [4.78, 5) is 0. The molecule has 0 aromatic heterocycles. The van der Waals surface area contributed by atoms with Gasteiger partial charge in [0.05, 0.1) is 30.3 Å². The number of aliphatic hydroxyl groups excluding tert-OH is 1. The van der Waals surface area contributed by atoms with Gasteiger partial charge in [0.1, 0.15) is 0 Å². The number of hydrogen-bond donors (Lipinski definition) is 1. The van der Waals surface area contributed by atoms with Gasteiger partial charge in [0.25, 0.3) is 0 Å². The van der Waals surface area contributed by atoms with Crippen molar-refractivity contribution in [3.8, 4) is 6.07 Å². The van der Waals surface area contributed by atoms with Crippen molar-refractivity contribution in [1.29, 1.82) is 5.26 Å². The first-order chi connectivity index (χ1) is 6.19. The molecule has 0 saturated carbocycles. The molecule has 0 radical (unpaired) electrons. The molecule has 0 aromatic carbocycles. The van der Waals surface area contributed by atoms with E-state index in [-0.39, 0.29) is 18.1 Å². The zero-order chi connectivity index (χ0) is 9.84. The number of nitriles is 1. The highest BCUT2D eigenvalue weighted by Gasteiger charge is 2.33. The van der Waals surface area contributed by atoms with E-state index in [1.807, 2.05) is 0 Å². The fraction of sp³-hybridized carbons (Fsp3) is 0.889. The topological polar surface area (TPSA) is 53.2 Å². The Morgan fingerprint density at radius 1 is 1.69 bits per heavy atom. The standard InChI is InChI=1S/C9H14INO2/c1-6(12)8(5-11)9-3-2-7(4-10)13-9/h6-9,12H,2-4H2,1H3/t6-,7-,8+,9+/m1/s1. The van der Waals surface area contributed by atoms with Crippen LogP contribution in [0, 0.1) is 17.2 Å². The molecular weight excluding hydrogens is 281 g/mol. The lowest BCUT2D eigenvalue weighted by Crippen LogP contribution is -2.29. The number of halogens is 1. The molecule has 0 aliphatic carbocycles. The van der Waals surface area contributed by atoms with E-state index in [9.17, 15) is 5.11 Å². The third-order valence-corrected chi connectivity index (χ3v) is 3.36. The summed E-state index contributed by atoms with van der Waals surface area (Å²) in [6.07, 6.45) is 1.53. The lowest BCUT2D eigenvalue weighted by atomic mass is 9.96. The molecule has 0 bridgehead atoms. The van der Waals surface area contributed by atoms with Gasteiger partial charge in [-0.05, 0) is 19.8 Å². The molecule has 1 heterocycles. The lowest BCUT2D eigenvalue weighted by Gasteiger charge is -2.19. The zero-order valence-corrected chi connectivity index (χ0v) is 9.77. The fourth-order valence-electron chi connectivity index (χ4n) is 1.61. The summed E-state index contributed by atoms with van der Waals surface area (Å²) in [7, 11) is 0. The van der Waals surface area contributed by atoms with Crippen LogP contribution in [0.1, 0.15) is 19.8 Å². The smallest absolute Gasteiger partial charge is 0.0981 e. The summed E-state index contributed by atoms with van der Waals surface area (Å²) in [5, 5.41) is 18.2. The van der Waals surface area contributed by atoms with Crippen LogP contribution in [0.2, 0.25) is 0 Å². The third-order valence-electron chi connectivity index (χ3n) is 2.38. The van der Waals surface area contributed by atoms with E-state index in [0.717, 1.165) is 17.3 Å². The van der Waals surface area contributed by atoms with Crippen molar-refractivity contribution in [3.63, 3.8) is 0 Å². The Morgan fingerprint density at radius 2 is 2.38 bits per heavy atom. The third kappa shape index (κ3) is 2.79. The Bertz CT molecular complexity index is 202. The predicted octanol–water partition coefficient (Wildman–Crippen LogP) is 1.49. The monoisotopic (exact) mass is 295 g/mol. The van der Waals surface area contributed by atoms with Gasteiger partial charge < -0.3 is 9.84 Å². The quantitative estimate of drug-likeness (QED) is 0.634. The average Bonchev–Trinajstić information content (AvgIpc) is 2.53. The number of ether oxygens (including phenoxy) is 1. The predicted molar refractivity (Wildman–Crippen MR) is 57.6 cm³/mol. The van der Waals surface area contributed by atoms with E-state index >= 15 is 0 Å². The van der Waals surface area contributed by atoms with Crippen molar-refractivity contribution in [2.75, 3.05) is 4.43 Å². The van der Waals surface area contributed by atoms with Crippen LogP contribution in [0.4, 0.5) is 0 Å². The van der Waals surface area contributed by atoms with Gasteiger partial charge >= 0.3 is 0 Å². The fourth-order valence-corrected chi connectivity index (χ4v) is 2.26. The Hall–Kier alpha value is 0.140. The molecule has 1 N–H and O–H groups in total. The summed E-state index contributed by atoms with van der Waals surface area (Å²) in [5.41, 5.74) is 0. The largest absolute Gasteiger partial charge is 0.392 e. The van der Waals surface area contributed by atoms with Crippen molar-refractivity contribution in [2.24, 2.45) is 5.92 Å². The summed E-state index contributed by atoms with van der Waals surface area (Å²) in [6, 6.07) is 2.11. The van der Waals surface area contributed by atoms with Gasteiger partial charge in [-0.3, -0.25) is 0 Å². The molecule has 0 aromatic rings. The summed E-state index contributed by atoms with van der Waals surface area (Å²) >= 11 is 2.28. The van der Waals surface area contributed by atoms with Crippen LogP contribution in [0.3, 0.4) is 0 Å².